The molecule has 23 heavy (non-hydrogen) atoms. The maximum Gasteiger partial charge on any atom is 0.294 e. The van der Waals surface area contributed by atoms with Crippen molar-refractivity contribution < 1.29 is 9.21 Å². The van der Waals surface area contributed by atoms with Gasteiger partial charge in [-0.2, -0.15) is 0 Å². The summed E-state index contributed by atoms with van der Waals surface area (Å²) < 4.78 is 5.78. The number of amides is 1. The van der Waals surface area contributed by atoms with Crippen molar-refractivity contribution in [1.29, 1.82) is 0 Å². The number of rotatable bonds is 4. The van der Waals surface area contributed by atoms with Crippen LogP contribution in [0.15, 0.2) is 65.6 Å². The third kappa shape index (κ3) is 2.76. The van der Waals surface area contributed by atoms with Gasteiger partial charge in [0.1, 0.15) is 0 Å². The molecule has 0 N–H and O–H groups in total. The first kappa shape index (κ1) is 15.4. The zero-order chi connectivity index (χ0) is 16.4. The third-order valence-electron chi connectivity index (χ3n) is 3.73. The number of benzene rings is 2. The Morgan fingerprint density at radius 3 is 2.61 bits per heavy atom. The Hall–Kier alpha value is -2.52. The van der Waals surface area contributed by atoms with Gasteiger partial charge in [-0.25, -0.2) is 0 Å². The van der Waals surface area contributed by atoms with Crippen LogP contribution in [0, 0.1) is 6.92 Å². The molecule has 1 aromatic heterocycles. The average Bonchev–Trinajstić information content (AvgIpc) is 2.91. The number of furan rings is 1. The van der Waals surface area contributed by atoms with Crippen molar-refractivity contribution in [3.63, 3.8) is 0 Å². The largest absolute Gasteiger partial charge is 0.449 e. The predicted octanol–water partition coefficient (Wildman–Crippen LogP) is 5.23. The molecule has 0 unspecified atom stereocenters. The second-order valence-electron chi connectivity index (χ2n) is 5.21. The molecule has 4 heteroatoms. The van der Waals surface area contributed by atoms with Crippen LogP contribution in [0.5, 0.6) is 0 Å². The van der Waals surface area contributed by atoms with Crippen molar-refractivity contribution in [3.05, 3.63) is 77.5 Å². The molecule has 0 saturated carbocycles. The minimum absolute atomic E-state index is 0.208. The Balaban J connectivity index is 2.09. The van der Waals surface area contributed by atoms with Gasteiger partial charge in [0.05, 0.1) is 5.02 Å². The summed E-state index contributed by atoms with van der Waals surface area (Å²) in [4.78, 5) is 14.6. The Kier molecular flexibility index (Phi) is 4.22. The van der Waals surface area contributed by atoms with E-state index in [0.29, 0.717) is 22.9 Å². The highest BCUT2D eigenvalue weighted by molar-refractivity contribution is 6.35. The van der Waals surface area contributed by atoms with Gasteiger partial charge in [0.15, 0.2) is 11.3 Å². The number of carbonyl (C=O) groups is 1. The maximum absolute atomic E-state index is 13.0. The van der Waals surface area contributed by atoms with Crippen molar-refractivity contribution >= 4 is 34.2 Å². The highest BCUT2D eigenvalue weighted by Gasteiger charge is 2.24. The Labute approximate surface area is 139 Å². The van der Waals surface area contributed by atoms with Gasteiger partial charge in [-0.15, -0.1) is 6.58 Å². The van der Waals surface area contributed by atoms with Crippen LogP contribution in [-0.2, 0) is 0 Å². The first-order valence-electron chi connectivity index (χ1n) is 7.29. The minimum atomic E-state index is -0.208. The average molecular weight is 326 g/mol. The standard InChI is InChI=1S/C19H16ClNO2/c1-3-12-21(14-8-5-4-6-9-14)19(22)17-13(2)15-10-7-11-16(20)18(15)23-17/h3-11H,1,12H2,2H3. The van der Waals surface area contributed by atoms with Gasteiger partial charge in [-0.3, -0.25) is 4.79 Å². The summed E-state index contributed by atoms with van der Waals surface area (Å²) in [6.45, 7) is 6.00. The molecule has 0 aliphatic carbocycles. The zero-order valence-corrected chi connectivity index (χ0v) is 13.5. The fourth-order valence-electron chi connectivity index (χ4n) is 2.58. The van der Waals surface area contributed by atoms with Crippen molar-refractivity contribution in [2.45, 2.75) is 6.92 Å². The number of fused-ring (bicyclic) bond motifs is 1. The van der Waals surface area contributed by atoms with Crippen LogP contribution in [0.25, 0.3) is 11.0 Å². The summed E-state index contributed by atoms with van der Waals surface area (Å²) in [5.74, 6) is 0.0969. The number of halogens is 1. The highest BCUT2D eigenvalue weighted by atomic mass is 35.5. The monoisotopic (exact) mass is 325 g/mol. The van der Waals surface area contributed by atoms with Crippen molar-refractivity contribution in [2.24, 2.45) is 0 Å². The smallest absolute Gasteiger partial charge is 0.294 e. The maximum atomic E-state index is 13.0. The fraction of sp³-hybridized carbons (Fsp3) is 0.105. The van der Waals surface area contributed by atoms with Gasteiger partial charge in [0.2, 0.25) is 0 Å². The summed E-state index contributed by atoms with van der Waals surface area (Å²) in [5, 5.41) is 1.35. The Bertz CT molecular complexity index is 868. The number of carbonyl (C=O) groups excluding carboxylic acids is 1. The molecule has 0 radical (unpaired) electrons. The molecular weight excluding hydrogens is 310 g/mol. The first-order chi connectivity index (χ1) is 11.1. The lowest BCUT2D eigenvalue weighted by Crippen LogP contribution is -2.31. The lowest BCUT2D eigenvalue weighted by molar-refractivity contribution is 0.0964. The molecule has 3 rings (SSSR count). The lowest BCUT2D eigenvalue weighted by Gasteiger charge is -2.20. The van der Waals surface area contributed by atoms with E-state index in [1.165, 1.54) is 0 Å². The van der Waals surface area contributed by atoms with Gasteiger partial charge in [-0.1, -0.05) is 48.0 Å². The van der Waals surface area contributed by atoms with Crippen LogP contribution < -0.4 is 4.90 Å². The topological polar surface area (TPSA) is 33.5 Å². The quantitative estimate of drug-likeness (QED) is 0.615. The molecular formula is C19H16ClNO2. The lowest BCUT2D eigenvalue weighted by atomic mass is 10.1. The molecule has 2 aromatic carbocycles. The van der Waals surface area contributed by atoms with E-state index in [4.69, 9.17) is 16.0 Å². The molecule has 0 spiro atoms. The summed E-state index contributed by atoms with van der Waals surface area (Å²) in [7, 11) is 0. The fourth-order valence-corrected chi connectivity index (χ4v) is 2.79. The molecule has 0 bridgehead atoms. The molecule has 0 atom stereocenters. The number of nitrogens with zero attached hydrogens (tertiary/aromatic N) is 1. The van der Waals surface area contributed by atoms with Gasteiger partial charge >= 0.3 is 0 Å². The first-order valence-corrected chi connectivity index (χ1v) is 7.66. The molecule has 0 saturated heterocycles. The Morgan fingerprint density at radius 1 is 1.22 bits per heavy atom. The van der Waals surface area contributed by atoms with Gasteiger partial charge in [0, 0.05) is 23.2 Å². The van der Waals surface area contributed by atoms with E-state index in [1.807, 2.05) is 49.4 Å². The van der Waals surface area contributed by atoms with Crippen LogP contribution >= 0.6 is 11.6 Å². The van der Waals surface area contributed by atoms with Crippen LogP contribution in [0.4, 0.5) is 5.69 Å². The van der Waals surface area contributed by atoms with Crippen molar-refractivity contribution in [3.8, 4) is 0 Å². The van der Waals surface area contributed by atoms with E-state index >= 15 is 0 Å². The van der Waals surface area contributed by atoms with Crippen LogP contribution in [0.3, 0.4) is 0 Å². The summed E-state index contributed by atoms with van der Waals surface area (Å²) in [6.07, 6.45) is 1.69. The highest BCUT2D eigenvalue weighted by Crippen LogP contribution is 2.32. The Morgan fingerprint density at radius 2 is 1.96 bits per heavy atom. The van der Waals surface area contributed by atoms with Crippen LogP contribution in [0.2, 0.25) is 5.02 Å². The number of aryl methyl sites for hydroxylation is 1. The summed E-state index contributed by atoms with van der Waals surface area (Å²) in [6, 6.07) is 14.9. The van der Waals surface area contributed by atoms with Crippen LogP contribution in [-0.4, -0.2) is 12.5 Å². The molecule has 0 aliphatic rings. The van der Waals surface area contributed by atoms with E-state index in [0.717, 1.165) is 16.6 Å². The summed E-state index contributed by atoms with van der Waals surface area (Å²) in [5.41, 5.74) is 2.13. The minimum Gasteiger partial charge on any atom is -0.449 e. The molecule has 0 aliphatic heterocycles. The number of hydrogen-bond acceptors (Lipinski definition) is 2. The normalized spacial score (nSPS) is 10.7. The molecule has 3 nitrogen and oxygen atoms in total. The SMILES string of the molecule is C=CCN(C(=O)c1oc2c(Cl)cccc2c1C)c1ccccc1. The third-order valence-corrected chi connectivity index (χ3v) is 4.03. The molecule has 3 aromatic rings. The second-order valence-corrected chi connectivity index (χ2v) is 5.62. The van der Waals surface area contributed by atoms with Gasteiger partial charge in [0.25, 0.3) is 5.91 Å². The number of para-hydroxylation sites is 2. The second kappa shape index (κ2) is 6.31. The zero-order valence-electron chi connectivity index (χ0n) is 12.8. The molecule has 0 fully saturated rings. The van der Waals surface area contributed by atoms with Gasteiger partial charge < -0.3 is 9.32 Å². The molecule has 116 valence electrons. The van der Waals surface area contributed by atoms with E-state index < -0.39 is 0 Å². The van der Waals surface area contributed by atoms with E-state index in [2.05, 4.69) is 6.58 Å². The molecule has 1 amide bonds. The molecule has 1 heterocycles. The van der Waals surface area contributed by atoms with Crippen molar-refractivity contribution in [2.75, 3.05) is 11.4 Å². The number of hydrogen-bond donors (Lipinski definition) is 0. The van der Waals surface area contributed by atoms with E-state index in [-0.39, 0.29) is 5.91 Å². The van der Waals surface area contributed by atoms with E-state index in [9.17, 15) is 4.79 Å². The predicted molar refractivity (Wildman–Crippen MR) is 94.3 cm³/mol. The van der Waals surface area contributed by atoms with E-state index in [1.54, 1.807) is 17.0 Å². The summed E-state index contributed by atoms with van der Waals surface area (Å²) >= 11 is 6.17. The van der Waals surface area contributed by atoms with Crippen LogP contribution in [0.1, 0.15) is 16.1 Å². The van der Waals surface area contributed by atoms with Gasteiger partial charge in [-0.05, 0) is 25.1 Å². The number of anilines is 1. The van der Waals surface area contributed by atoms with Crippen molar-refractivity contribution in [1.82, 2.24) is 0 Å².